The van der Waals surface area contributed by atoms with E-state index in [1.807, 2.05) is 52.8 Å². The number of likely N-dealkylation sites (tertiary alicyclic amines) is 1. The van der Waals surface area contributed by atoms with Crippen molar-refractivity contribution in [2.45, 2.75) is 83.6 Å². The second-order valence-electron chi connectivity index (χ2n) is 11.9. The molecule has 3 aliphatic heterocycles. The molecule has 8 heteroatoms. The molecule has 1 aromatic rings. The predicted molar refractivity (Wildman–Crippen MR) is 154 cm³/mol. The molecule has 2 bridgehead atoms. The maximum atomic E-state index is 14.8. The van der Waals surface area contributed by atoms with E-state index >= 15 is 0 Å². The molecule has 1 aromatic carbocycles. The van der Waals surface area contributed by atoms with Crippen LogP contribution in [0.15, 0.2) is 43.5 Å². The van der Waals surface area contributed by atoms with Crippen LogP contribution in [0.3, 0.4) is 0 Å². The molecule has 0 aromatic heterocycles. The Kier molecular flexibility index (Phi) is 8.62. The van der Waals surface area contributed by atoms with Crippen molar-refractivity contribution in [1.29, 1.82) is 0 Å². The summed E-state index contributed by atoms with van der Waals surface area (Å²) in [5.74, 6) is -2.91. The first-order chi connectivity index (χ1) is 19.0. The van der Waals surface area contributed by atoms with Crippen LogP contribution in [0.5, 0.6) is 0 Å². The number of anilines is 1. The van der Waals surface area contributed by atoms with Crippen molar-refractivity contribution in [2.75, 3.05) is 24.7 Å². The van der Waals surface area contributed by atoms with Crippen molar-refractivity contribution in [2.24, 2.45) is 17.8 Å². The highest BCUT2D eigenvalue weighted by Gasteiger charge is 2.79. The Hall–Kier alpha value is -2.97. The summed E-state index contributed by atoms with van der Waals surface area (Å²) in [5, 5.41) is 10.6. The first-order valence-corrected chi connectivity index (χ1v) is 14.4. The molecule has 3 heterocycles. The van der Waals surface area contributed by atoms with Gasteiger partial charge in [-0.05, 0) is 63.1 Å². The van der Waals surface area contributed by atoms with E-state index in [4.69, 9.17) is 9.47 Å². The third-order valence-electron chi connectivity index (χ3n) is 9.35. The van der Waals surface area contributed by atoms with Gasteiger partial charge < -0.3 is 24.4 Å². The Balaban J connectivity index is 1.86. The molecular formula is C32H44N2O6. The molecule has 218 valence electrons. The van der Waals surface area contributed by atoms with Crippen molar-refractivity contribution in [3.63, 3.8) is 0 Å². The van der Waals surface area contributed by atoms with Crippen LogP contribution in [-0.2, 0) is 23.9 Å². The molecule has 3 aliphatic rings. The third-order valence-corrected chi connectivity index (χ3v) is 9.35. The molecule has 3 fully saturated rings. The van der Waals surface area contributed by atoms with Gasteiger partial charge in [-0.2, -0.15) is 0 Å². The number of nitrogens with zero attached hydrogens (tertiary/aromatic N) is 2. The highest BCUT2D eigenvalue weighted by Crippen LogP contribution is 2.64. The highest BCUT2D eigenvalue weighted by molar-refractivity contribution is 6.05. The van der Waals surface area contributed by atoms with Crippen LogP contribution in [-0.4, -0.2) is 70.8 Å². The number of hydrogen-bond acceptors (Lipinski definition) is 6. The van der Waals surface area contributed by atoms with Gasteiger partial charge in [-0.25, -0.2) is 0 Å². The lowest BCUT2D eigenvalue weighted by atomic mass is 9.66. The highest BCUT2D eigenvalue weighted by atomic mass is 16.6. The topological polar surface area (TPSA) is 96.4 Å². The van der Waals surface area contributed by atoms with Gasteiger partial charge in [0.15, 0.2) is 0 Å². The van der Waals surface area contributed by atoms with E-state index in [9.17, 15) is 19.5 Å². The summed E-state index contributed by atoms with van der Waals surface area (Å²) in [5.41, 5.74) is 0.518. The lowest BCUT2D eigenvalue weighted by Gasteiger charge is -2.41. The third kappa shape index (κ3) is 4.69. The molecule has 1 N–H and O–H groups in total. The molecule has 7 atom stereocenters. The summed E-state index contributed by atoms with van der Waals surface area (Å²) < 4.78 is 12.3. The minimum atomic E-state index is -1.21. The minimum Gasteiger partial charge on any atom is -0.465 e. The number of hydrogen-bond donors (Lipinski definition) is 1. The van der Waals surface area contributed by atoms with Gasteiger partial charge in [-0.3, -0.25) is 14.4 Å². The molecule has 0 radical (unpaired) electrons. The van der Waals surface area contributed by atoms with Crippen molar-refractivity contribution < 1.29 is 29.0 Å². The summed E-state index contributed by atoms with van der Waals surface area (Å²) in [7, 11) is 0. The fraction of sp³-hybridized carbons (Fsp3) is 0.594. The van der Waals surface area contributed by atoms with Gasteiger partial charge in [0.1, 0.15) is 17.6 Å². The van der Waals surface area contributed by atoms with Gasteiger partial charge >= 0.3 is 5.97 Å². The van der Waals surface area contributed by atoms with Crippen LogP contribution in [0.25, 0.3) is 0 Å². The number of aliphatic hydroxyl groups excluding tert-OH is 1. The summed E-state index contributed by atoms with van der Waals surface area (Å²) in [6.07, 6.45) is 5.52. The molecule has 1 spiro atoms. The van der Waals surface area contributed by atoms with E-state index in [2.05, 4.69) is 13.2 Å². The lowest BCUT2D eigenvalue weighted by Crippen LogP contribution is -2.60. The van der Waals surface area contributed by atoms with E-state index in [1.54, 1.807) is 22.0 Å². The van der Waals surface area contributed by atoms with Crippen LogP contribution in [0.1, 0.15) is 57.6 Å². The fourth-order valence-electron chi connectivity index (χ4n) is 7.10. The van der Waals surface area contributed by atoms with E-state index in [1.165, 1.54) is 0 Å². The Morgan fingerprint density at radius 3 is 2.62 bits per heavy atom. The number of aliphatic hydroxyl groups is 1. The molecule has 2 amide bonds. The van der Waals surface area contributed by atoms with Crippen LogP contribution in [0.4, 0.5) is 5.69 Å². The SMILES string of the molecule is C=CCCOC(=O)[C@@H]1[C@H]2C(=O)N([C@@H](CO)[C@@H](C)CC)C(C(=O)N(CC=C)c3cc(C)ccc3C)C23CC[C@@]1(C)O3. The number of carbonyl (C=O) groups is 3. The van der Waals surface area contributed by atoms with Gasteiger partial charge in [-0.15, -0.1) is 13.2 Å². The molecule has 40 heavy (non-hydrogen) atoms. The number of benzene rings is 1. The van der Waals surface area contributed by atoms with Crippen molar-refractivity contribution in [3.05, 3.63) is 54.6 Å². The van der Waals surface area contributed by atoms with Gasteiger partial charge in [0.25, 0.3) is 5.91 Å². The largest absolute Gasteiger partial charge is 0.465 e. The van der Waals surface area contributed by atoms with Crippen molar-refractivity contribution in [3.8, 4) is 0 Å². The normalized spacial score (nSPS) is 30.1. The Labute approximate surface area is 238 Å². The number of amides is 2. The Bertz CT molecular complexity index is 1180. The number of carbonyl (C=O) groups excluding carboxylic acids is 3. The molecule has 0 saturated carbocycles. The number of aryl methyl sites for hydroxylation is 2. The number of fused-ring (bicyclic) bond motifs is 1. The molecule has 0 aliphatic carbocycles. The summed E-state index contributed by atoms with van der Waals surface area (Å²) in [6.45, 7) is 17.4. The first kappa shape index (κ1) is 30.0. The number of rotatable bonds is 12. The quantitative estimate of drug-likeness (QED) is 0.238. The van der Waals surface area contributed by atoms with Crippen molar-refractivity contribution in [1.82, 2.24) is 4.90 Å². The van der Waals surface area contributed by atoms with Crippen LogP contribution in [0.2, 0.25) is 0 Å². The zero-order valence-electron chi connectivity index (χ0n) is 24.5. The van der Waals surface area contributed by atoms with E-state index < -0.39 is 41.1 Å². The second-order valence-corrected chi connectivity index (χ2v) is 11.9. The first-order valence-electron chi connectivity index (χ1n) is 14.4. The van der Waals surface area contributed by atoms with Crippen LogP contribution < -0.4 is 4.90 Å². The molecule has 4 rings (SSSR count). The van der Waals surface area contributed by atoms with Crippen LogP contribution in [0, 0.1) is 31.6 Å². The van der Waals surface area contributed by atoms with Gasteiger partial charge in [0, 0.05) is 12.2 Å². The van der Waals surface area contributed by atoms with E-state index in [0.717, 1.165) is 16.8 Å². The second kappa shape index (κ2) is 11.5. The monoisotopic (exact) mass is 552 g/mol. The Morgan fingerprint density at radius 2 is 2.00 bits per heavy atom. The maximum absolute atomic E-state index is 14.8. The Morgan fingerprint density at radius 1 is 1.27 bits per heavy atom. The van der Waals surface area contributed by atoms with Gasteiger partial charge in [0.2, 0.25) is 5.91 Å². The summed E-state index contributed by atoms with van der Waals surface area (Å²) >= 11 is 0. The van der Waals surface area contributed by atoms with Gasteiger partial charge in [-0.1, -0.05) is 44.6 Å². The smallest absolute Gasteiger partial charge is 0.312 e. The van der Waals surface area contributed by atoms with Crippen LogP contribution >= 0.6 is 0 Å². The fourth-order valence-corrected chi connectivity index (χ4v) is 7.10. The molecule has 3 saturated heterocycles. The number of esters is 1. The van der Waals surface area contributed by atoms with Gasteiger partial charge in [0.05, 0.1) is 30.8 Å². The summed E-state index contributed by atoms with van der Waals surface area (Å²) in [4.78, 5) is 46.0. The molecule has 8 nitrogen and oxygen atoms in total. The van der Waals surface area contributed by atoms with Crippen molar-refractivity contribution >= 4 is 23.5 Å². The standard InChI is InChI=1S/C32H44N2O6/c1-8-11-17-39-30(38)26-25-28(36)34(24(19-35)21(5)10-3)27(32(25)15-14-31(26,7)40-32)29(37)33(16-9-2)23-18-20(4)12-13-22(23)6/h8-9,12-13,18,21,24-27,35H,1-2,10-11,14-17,19H2,3-7H3/t21-,24-,25-,26-,27?,31+,32?/m0/s1. The average molecular weight is 553 g/mol. The molecule has 2 unspecified atom stereocenters. The van der Waals surface area contributed by atoms with E-state index in [-0.39, 0.29) is 37.5 Å². The predicted octanol–water partition coefficient (Wildman–Crippen LogP) is 4.11. The maximum Gasteiger partial charge on any atom is 0.312 e. The zero-order valence-corrected chi connectivity index (χ0v) is 24.5. The summed E-state index contributed by atoms with van der Waals surface area (Å²) in [6, 6.07) is 4.30. The zero-order chi connectivity index (χ0) is 29.4. The molecular weight excluding hydrogens is 508 g/mol. The average Bonchev–Trinajstić information content (AvgIpc) is 3.49. The minimum absolute atomic E-state index is 0.0844. The van der Waals surface area contributed by atoms with E-state index in [0.29, 0.717) is 25.7 Å². The number of ether oxygens (including phenoxy) is 2. The lowest BCUT2D eigenvalue weighted by molar-refractivity contribution is -0.160.